The van der Waals surface area contributed by atoms with Gasteiger partial charge in [-0.3, -0.25) is 4.79 Å². The van der Waals surface area contributed by atoms with Crippen LogP contribution in [-0.4, -0.2) is 19.6 Å². The molecule has 110 valence electrons. The van der Waals surface area contributed by atoms with Crippen LogP contribution in [0.15, 0.2) is 53.4 Å². The molecule has 0 fully saturated rings. The lowest BCUT2D eigenvalue weighted by Crippen LogP contribution is -2.22. The number of hydrogen-bond donors (Lipinski definition) is 1. The van der Waals surface area contributed by atoms with Crippen molar-refractivity contribution in [2.45, 2.75) is 17.6 Å². The minimum absolute atomic E-state index is 0.0499. The first-order valence-electron chi connectivity index (χ1n) is 6.87. The second-order valence-electron chi connectivity index (χ2n) is 4.49. The number of hydrogen-bond acceptors (Lipinski definition) is 3. The van der Waals surface area contributed by atoms with Crippen molar-refractivity contribution in [3.8, 4) is 5.75 Å². The van der Waals surface area contributed by atoms with Gasteiger partial charge in [0.15, 0.2) is 0 Å². The highest BCUT2D eigenvalue weighted by molar-refractivity contribution is 7.98. The second kappa shape index (κ2) is 7.74. The third-order valence-electron chi connectivity index (χ3n) is 3.02. The monoisotopic (exact) mass is 301 g/mol. The molecular weight excluding hydrogens is 282 g/mol. The van der Waals surface area contributed by atoms with E-state index in [0.29, 0.717) is 12.1 Å². The molecule has 0 radical (unpaired) electrons. The molecule has 2 rings (SSSR count). The largest absolute Gasteiger partial charge is 0.496 e. The van der Waals surface area contributed by atoms with Crippen molar-refractivity contribution in [1.82, 2.24) is 5.32 Å². The number of nitrogens with one attached hydrogen (secondary N) is 1. The van der Waals surface area contributed by atoms with E-state index in [-0.39, 0.29) is 5.91 Å². The van der Waals surface area contributed by atoms with E-state index < -0.39 is 0 Å². The Kier molecular flexibility index (Phi) is 5.69. The first kappa shape index (κ1) is 15.4. The van der Waals surface area contributed by atoms with E-state index in [1.807, 2.05) is 37.3 Å². The van der Waals surface area contributed by atoms with Crippen molar-refractivity contribution in [1.29, 1.82) is 0 Å². The maximum atomic E-state index is 11.9. The van der Waals surface area contributed by atoms with Gasteiger partial charge >= 0.3 is 0 Å². The summed E-state index contributed by atoms with van der Waals surface area (Å²) in [5, 5.41) is 2.81. The van der Waals surface area contributed by atoms with Gasteiger partial charge in [-0.25, -0.2) is 0 Å². The average Bonchev–Trinajstić information content (AvgIpc) is 2.54. The van der Waals surface area contributed by atoms with Gasteiger partial charge in [0.05, 0.1) is 7.11 Å². The summed E-state index contributed by atoms with van der Waals surface area (Å²) in [7, 11) is 1.65. The molecule has 0 spiro atoms. The lowest BCUT2D eigenvalue weighted by Gasteiger charge is -2.10. The minimum Gasteiger partial charge on any atom is -0.496 e. The average molecular weight is 301 g/mol. The summed E-state index contributed by atoms with van der Waals surface area (Å²) >= 11 is 1.73. The lowest BCUT2D eigenvalue weighted by atomic mass is 10.1. The molecule has 0 bridgehead atoms. The summed E-state index contributed by atoms with van der Waals surface area (Å²) in [6.07, 6.45) is 0. The highest BCUT2D eigenvalue weighted by atomic mass is 32.2. The molecule has 0 heterocycles. The highest BCUT2D eigenvalue weighted by Gasteiger charge is 2.10. The van der Waals surface area contributed by atoms with Crippen LogP contribution < -0.4 is 10.1 Å². The van der Waals surface area contributed by atoms with Gasteiger partial charge in [0.25, 0.3) is 5.91 Å². The molecule has 4 heteroatoms. The van der Waals surface area contributed by atoms with Crippen molar-refractivity contribution in [3.63, 3.8) is 0 Å². The highest BCUT2D eigenvalue weighted by Crippen LogP contribution is 2.28. The van der Waals surface area contributed by atoms with Crippen molar-refractivity contribution in [2.24, 2.45) is 0 Å². The zero-order chi connectivity index (χ0) is 15.1. The molecule has 0 atom stereocenters. The number of thioether (sulfide) groups is 1. The van der Waals surface area contributed by atoms with E-state index >= 15 is 0 Å². The summed E-state index contributed by atoms with van der Waals surface area (Å²) in [6, 6.07) is 15.7. The van der Waals surface area contributed by atoms with Crippen LogP contribution in [0.25, 0.3) is 0 Å². The van der Waals surface area contributed by atoms with Gasteiger partial charge in [-0.15, -0.1) is 11.8 Å². The summed E-state index contributed by atoms with van der Waals surface area (Å²) in [4.78, 5) is 13.1. The van der Waals surface area contributed by atoms with Crippen LogP contribution in [0.4, 0.5) is 0 Å². The Bertz CT molecular complexity index is 599. The normalized spacial score (nSPS) is 10.2. The lowest BCUT2D eigenvalue weighted by molar-refractivity contribution is 0.0955. The van der Waals surface area contributed by atoms with Gasteiger partial charge in [0.2, 0.25) is 0 Å². The summed E-state index contributed by atoms with van der Waals surface area (Å²) in [5.41, 5.74) is 1.69. The standard InChI is InChI=1S/C17H19NO2S/c1-3-18-17(19)13-9-10-16(20-2)14(11-13)12-21-15-7-5-4-6-8-15/h4-11H,3,12H2,1-2H3,(H,18,19). The Balaban J connectivity index is 2.16. The van der Waals surface area contributed by atoms with Gasteiger partial charge < -0.3 is 10.1 Å². The number of methoxy groups -OCH3 is 1. The van der Waals surface area contributed by atoms with Gasteiger partial charge in [0.1, 0.15) is 5.75 Å². The maximum absolute atomic E-state index is 11.9. The molecule has 0 unspecified atom stereocenters. The topological polar surface area (TPSA) is 38.3 Å². The zero-order valence-corrected chi connectivity index (χ0v) is 13.1. The minimum atomic E-state index is -0.0499. The molecule has 3 nitrogen and oxygen atoms in total. The van der Waals surface area contributed by atoms with Crippen molar-refractivity contribution in [2.75, 3.05) is 13.7 Å². The van der Waals surface area contributed by atoms with E-state index in [9.17, 15) is 4.79 Å². The molecule has 1 amide bonds. The van der Waals surface area contributed by atoms with Crippen molar-refractivity contribution in [3.05, 3.63) is 59.7 Å². The van der Waals surface area contributed by atoms with Crippen LogP contribution >= 0.6 is 11.8 Å². The number of amides is 1. The van der Waals surface area contributed by atoms with Crippen LogP contribution in [0, 0.1) is 0 Å². The fourth-order valence-corrected chi connectivity index (χ4v) is 2.87. The number of carbonyl (C=O) groups is 1. The van der Waals surface area contributed by atoms with E-state index in [1.165, 1.54) is 4.90 Å². The molecular formula is C17H19NO2S. The molecule has 0 aliphatic carbocycles. The maximum Gasteiger partial charge on any atom is 0.251 e. The Labute approximate surface area is 129 Å². The molecule has 2 aromatic rings. The summed E-state index contributed by atoms with van der Waals surface area (Å²) < 4.78 is 5.38. The third-order valence-corrected chi connectivity index (χ3v) is 4.08. The zero-order valence-electron chi connectivity index (χ0n) is 12.3. The molecule has 0 saturated carbocycles. The molecule has 0 aliphatic rings. The summed E-state index contributed by atoms with van der Waals surface area (Å²) in [5.74, 6) is 1.53. The smallest absolute Gasteiger partial charge is 0.251 e. The van der Waals surface area contributed by atoms with Gasteiger partial charge in [-0.2, -0.15) is 0 Å². The van der Waals surface area contributed by atoms with Gasteiger partial charge in [-0.05, 0) is 37.3 Å². The van der Waals surface area contributed by atoms with E-state index in [0.717, 1.165) is 17.1 Å². The number of rotatable bonds is 6. The fraction of sp³-hybridized carbons (Fsp3) is 0.235. The SMILES string of the molecule is CCNC(=O)c1ccc(OC)c(CSc2ccccc2)c1. The Hall–Kier alpha value is -1.94. The molecule has 21 heavy (non-hydrogen) atoms. The van der Waals surface area contributed by atoms with Gasteiger partial charge in [0, 0.05) is 28.3 Å². The summed E-state index contributed by atoms with van der Waals surface area (Å²) in [6.45, 7) is 2.53. The Morgan fingerprint density at radius 3 is 2.62 bits per heavy atom. The van der Waals surface area contributed by atoms with Crippen molar-refractivity contribution >= 4 is 17.7 Å². The Morgan fingerprint density at radius 1 is 1.19 bits per heavy atom. The van der Waals surface area contributed by atoms with E-state index in [2.05, 4.69) is 17.4 Å². The number of benzene rings is 2. The first-order valence-corrected chi connectivity index (χ1v) is 7.86. The second-order valence-corrected chi connectivity index (χ2v) is 5.54. The third kappa shape index (κ3) is 4.26. The predicted octanol–water partition coefficient (Wildman–Crippen LogP) is 3.74. The molecule has 2 aromatic carbocycles. The van der Waals surface area contributed by atoms with Crippen LogP contribution in [0.2, 0.25) is 0 Å². The fourth-order valence-electron chi connectivity index (χ4n) is 1.97. The van der Waals surface area contributed by atoms with E-state index in [4.69, 9.17) is 4.74 Å². The first-order chi connectivity index (χ1) is 10.2. The predicted molar refractivity (Wildman–Crippen MR) is 87.0 cm³/mol. The molecule has 1 N–H and O–H groups in total. The van der Waals surface area contributed by atoms with Gasteiger partial charge in [-0.1, -0.05) is 18.2 Å². The van der Waals surface area contributed by atoms with Crippen LogP contribution in [0.5, 0.6) is 5.75 Å². The molecule has 0 aromatic heterocycles. The molecule has 0 saturated heterocycles. The number of ether oxygens (including phenoxy) is 1. The quantitative estimate of drug-likeness (QED) is 0.826. The van der Waals surface area contributed by atoms with Crippen LogP contribution in [0.3, 0.4) is 0 Å². The van der Waals surface area contributed by atoms with E-state index in [1.54, 1.807) is 24.9 Å². The molecule has 0 aliphatic heterocycles. The Morgan fingerprint density at radius 2 is 1.95 bits per heavy atom. The van der Waals surface area contributed by atoms with Crippen LogP contribution in [0.1, 0.15) is 22.8 Å². The number of carbonyl (C=O) groups excluding carboxylic acids is 1. The van der Waals surface area contributed by atoms with Crippen molar-refractivity contribution < 1.29 is 9.53 Å². The van der Waals surface area contributed by atoms with Crippen LogP contribution in [-0.2, 0) is 5.75 Å².